The van der Waals surface area contributed by atoms with Crippen molar-refractivity contribution in [2.24, 2.45) is 5.73 Å². The largest absolute Gasteiger partial charge is 1.00 e. The Labute approximate surface area is 307 Å². The number of Topliss-reactive ketones (excluding diaryl/α,β-unsaturated/α-hetero) is 1. The van der Waals surface area contributed by atoms with Crippen molar-refractivity contribution in [2.45, 2.75) is 38.7 Å². The van der Waals surface area contributed by atoms with Crippen molar-refractivity contribution in [2.75, 3.05) is 26.3 Å². The number of benzene rings is 3. The monoisotopic (exact) mass is 673 g/mol. The normalized spacial score (nSPS) is 14.7. The van der Waals surface area contributed by atoms with Crippen LogP contribution in [0, 0.1) is 0 Å². The Morgan fingerprint density at radius 1 is 0.898 bits per heavy atom. The number of piperidine rings is 1. The van der Waals surface area contributed by atoms with Gasteiger partial charge in [0.1, 0.15) is 22.8 Å². The maximum Gasteiger partial charge on any atom is 1.00 e. The van der Waals surface area contributed by atoms with Gasteiger partial charge in [-0.15, -0.1) is 0 Å². The number of aromatic carboxylic acids is 1. The van der Waals surface area contributed by atoms with Crippen molar-refractivity contribution in [1.29, 1.82) is 0 Å². The Kier molecular flexibility index (Phi) is 10.8. The number of nitrogens with zero attached hydrogens (tertiary/aromatic N) is 2. The standard InChI is InChI=1S/C37H35N3O8.Na.H/c1-3-46-31-17-25(18-32(47-4-2)33(31)26-15-27(36(44)45)21-39-20-26)35(43)40-12-10-37(11-13-40)19-29(41)28-16-23(8-9-30(28)48-37)22-6-5-7-24(14-22)34(38)42;;/h5-9,14-18,20-21H,3-4,10-13,19H2,1-2H3,(H2,38,42)(H,44,45);;/q;+1;-1. The number of rotatable bonds is 9. The van der Waals surface area contributed by atoms with E-state index in [2.05, 4.69) is 4.98 Å². The molecule has 2 aliphatic heterocycles. The van der Waals surface area contributed by atoms with E-state index in [1.807, 2.05) is 26.0 Å². The number of likely N-dealkylation sites (tertiary alicyclic amines) is 1. The number of primary amides is 1. The number of ether oxygens (including phenoxy) is 3. The van der Waals surface area contributed by atoms with Crippen LogP contribution in [0.3, 0.4) is 0 Å². The van der Waals surface area contributed by atoms with Gasteiger partial charge in [0, 0.05) is 55.0 Å². The van der Waals surface area contributed by atoms with Crippen molar-refractivity contribution < 1.29 is 69.5 Å². The molecule has 1 spiro atoms. The van der Waals surface area contributed by atoms with E-state index >= 15 is 0 Å². The molecule has 0 unspecified atom stereocenters. The first-order valence-corrected chi connectivity index (χ1v) is 15.8. The summed E-state index contributed by atoms with van der Waals surface area (Å²) in [7, 11) is 0. The number of carboxylic acid groups (broad SMARTS) is 1. The number of carbonyl (C=O) groups excluding carboxylic acids is 3. The summed E-state index contributed by atoms with van der Waals surface area (Å²) < 4.78 is 18.4. The van der Waals surface area contributed by atoms with Crippen molar-refractivity contribution in [3.05, 3.63) is 95.3 Å². The van der Waals surface area contributed by atoms with Gasteiger partial charge in [-0.2, -0.15) is 0 Å². The average molecular weight is 674 g/mol. The molecule has 3 N–H and O–H groups in total. The topological polar surface area (TPSA) is 158 Å². The summed E-state index contributed by atoms with van der Waals surface area (Å²) in [6.07, 6.45) is 3.92. The Hall–Kier alpha value is -4.71. The smallest absolute Gasteiger partial charge is 1.00 e. The van der Waals surface area contributed by atoms with Crippen LogP contribution in [0.5, 0.6) is 17.2 Å². The van der Waals surface area contributed by atoms with Crippen LogP contribution >= 0.6 is 0 Å². The van der Waals surface area contributed by atoms with Gasteiger partial charge in [-0.05, 0) is 67.4 Å². The number of pyridine rings is 1. The summed E-state index contributed by atoms with van der Waals surface area (Å²) in [5.74, 6) is -0.640. The fourth-order valence-corrected chi connectivity index (χ4v) is 6.33. The number of carbonyl (C=O) groups is 4. The van der Waals surface area contributed by atoms with Crippen LogP contribution < -0.4 is 49.5 Å². The number of aromatic nitrogens is 1. The minimum atomic E-state index is -1.11. The van der Waals surface area contributed by atoms with Gasteiger partial charge in [0.05, 0.1) is 36.3 Å². The zero-order valence-corrected chi connectivity index (χ0v) is 29.7. The molecule has 49 heavy (non-hydrogen) atoms. The molecule has 12 heteroatoms. The van der Waals surface area contributed by atoms with Gasteiger partial charge in [0.15, 0.2) is 5.78 Å². The number of ketones is 1. The minimum absolute atomic E-state index is 0. The third kappa shape index (κ3) is 7.34. The molecule has 4 aromatic rings. The molecule has 2 aliphatic rings. The SMILES string of the molecule is CCOc1cc(C(=O)N2CCC3(CC2)CC(=O)c2cc(-c4cccc(C(N)=O)c4)ccc2O3)cc(OCC)c1-c1cncc(C(=O)O)c1.[H-].[Na+]. The number of amides is 2. The molecule has 0 radical (unpaired) electrons. The van der Waals surface area contributed by atoms with E-state index in [4.69, 9.17) is 19.9 Å². The molecule has 1 fully saturated rings. The van der Waals surface area contributed by atoms with E-state index in [-0.39, 0.29) is 54.7 Å². The van der Waals surface area contributed by atoms with Gasteiger partial charge >= 0.3 is 35.5 Å². The summed E-state index contributed by atoms with van der Waals surface area (Å²) in [6.45, 7) is 5.01. The Balaban J connectivity index is 0.00000281. The minimum Gasteiger partial charge on any atom is -1.00 e. The van der Waals surface area contributed by atoms with Gasteiger partial charge < -0.3 is 31.4 Å². The van der Waals surface area contributed by atoms with Crippen LogP contribution in [0.25, 0.3) is 22.3 Å². The van der Waals surface area contributed by atoms with Gasteiger partial charge in [-0.1, -0.05) is 18.2 Å². The van der Waals surface area contributed by atoms with Crippen molar-refractivity contribution in [3.8, 4) is 39.5 Å². The molecule has 0 saturated carbocycles. The number of carboxylic acids is 1. The van der Waals surface area contributed by atoms with E-state index in [9.17, 15) is 24.3 Å². The van der Waals surface area contributed by atoms with E-state index in [0.29, 0.717) is 84.2 Å². The molecule has 2 amide bonds. The molecule has 3 aromatic carbocycles. The van der Waals surface area contributed by atoms with E-state index < -0.39 is 17.5 Å². The van der Waals surface area contributed by atoms with E-state index in [1.54, 1.807) is 47.4 Å². The summed E-state index contributed by atoms with van der Waals surface area (Å²) in [5.41, 5.74) is 8.52. The Morgan fingerprint density at radius 2 is 1.55 bits per heavy atom. The predicted molar refractivity (Wildman–Crippen MR) is 178 cm³/mol. The molecular weight excluding hydrogens is 637 g/mol. The number of hydrogen-bond acceptors (Lipinski definition) is 8. The van der Waals surface area contributed by atoms with E-state index in [1.165, 1.54) is 18.5 Å². The first-order chi connectivity index (χ1) is 23.1. The number of nitrogens with two attached hydrogens (primary N) is 1. The van der Waals surface area contributed by atoms with Crippen LogP contribution in [-0.4, -0.2) is 70.5 Å². The second-order valence-electron chi connectivity index (χ2n) is 11.8. The molecule has 3 heterocycles. The molecule has 0 atom stereocenters. The number of fused-ring (bicyclic) bond motifs is 1. The fraction of sp³-hybridized carbons (Fsp3) is 0.270. The zero-order valence-electron chi connectivity index (χ0n) is 28.7. The first kappa shape index (κ1) is 35.6. The predicted octanol–water partition coefficient (Wildman–Crippen LogP) is 2.77. The fourth-order valence-electron chi connectivity index (χ4n) is 6.33. The molecule has 0 aliphatic carbocycles. The van der Waals surface area contributed by atoms with Crippen molar-refractivity contribution in [3.63, 3.8) is 0 Å². The molecule has 0 bridgehead atoms. The third-order valence-electron chi connectivity index (χ3n) is 8.72. The molecule has 1 saturated heterocycles. The van der Waals surface area contributed by atoms with Crippen LogP contribution in [0.15, 0.2) is 73.1 Å². The maximum atomic E-state index is 13.9. The van der Waals surface area contributed by atoms with Gasteiger partial charge in [0.2, 0.25) is 5.91 Å². The Morgan fingerprint density at radius 3 is 2.18 bits per heavy atom. The summed E-state index contributed by atoms with van der Waals surface area (Å²) in [6, 6.07) is 17.2. The zero-order chi connectivity index (χ0) is 34.0. The van der Waals surface area contributed by atoms with Gasteiger partial charge in [-0.25, -0.2) is 4.79 Å². The summed E-state index contributed by atoms with van der Waals surface area (Å²) >= 11 is 0. The molecule has 6 rings (SSSR count). The second kappa shape index (κ2) is 14.8. The summed E-state index contributed by atoms with van der Waals surface area (Å²) in [4.78, 5) is 56.4. The van der Waals surface area contributed by atoms with Crippen LogP contribution in [-0.2, 0) is 0 Å². The molecule has 1 aromatic heterocycles. The van der Waals surface area contributed by atoms with Crippen LogP contribution in [0.1, 0.15) is 76.0 Å². The first-order valence-electron chi connectivity index (χ1n) is 15.8. The third-order valence-corrected chi connectivity index (χ3v) is 8.72. The second-order valence-corrected chi connectivity index (χ2v) is 11.8. The van der Waals surface area contributed by atoms with Gasteiger partial charge in [0.25, 0.3) is 5.91 Å². The van der Waals surface area contributed by atoms with E-state index in [0.717, 1.165) is 11.1 Å². The molecular formula is C37H36N3NaO8. The summed E-state index contributed by atoms with van der Waals surface area (Å²) in [5, 5.41) is 9.50. The quantitative estimate of drug-likeness (QED) is 0.255. The molecule has 11 nitrogen and oxygen atoms in total. The van der Waals surface area contributed by atoms with Crippen molar-refractivity contribution in [1.82, 2.24) is 9.88 Å². The van der Waals surface area contributed by atoms with Gasteiger partial charge in [-0.3, -0.25) is 19.4 Å². The molecule has 248 valence electrons. The Bertz CT molecular complexity index is 1920. The van der Waals surface area contributed by atoms with Crippen LogP contribution in [0.4, 0.5) is 0 Å². The average Bonchev–Trinajstić information content (AvgIpc) is 3.08. The van der Waals surface area contributed by atoms with Crippen molar-refractivity contribution >= 4 is 23.6 Å². The number of hydrogen-bond donors (Lipinski definition) is 2. The maximum absolute atomic E-state index is 13.9. The van der Waals surface area contributed by atoms with Crippen LogP contribution in [0.2, 0.25) is 0 Å².